The summed E-state index contributed by atoms with van der Waals surface area (Å²) in [7, 11) is 2.50. The third-order valence-electron chi connectivity index (χ3n) is 6.38. The molecule has 3 N–H and O–H groups in total. The number of aromatic hydroxyl groups is 1. The molecule has 2 fully saturated rings. The maximum Gasteiger partial charge on any atom is 0.408 e. The topological polar surface area (TPSA) is 140 Å². The highest BCUT2D eigenvalue weighted by Crippen LogP contribution is 2.62. The summed E-state index contributed by atoms with van der Waals surface area (Å²) in [5.74, 6) is -2.72. The van der Waals surface area contributed by atoms with Gasteiger partial charge in [-0.25, -0.2) is 9.59 Å². The minimum atomic E-state index is -1.44. The predicted octanol–water partition coefficient (Wildman–Crippen LogP) is 1.68. The van der Waals surface area contributed by atoms with Gasteiger partial charge in [-0.05, 0) is 57.2 Å². The van der Waals surface area contributed by atoms with Crippen LogP contribution in [0.1, 0.15) is 39.2 Å². The monoisotopic (exact) mass is 476 g/mol. The number of benzene rings is 1. The maximum absolute atomic E-state index is 13.7. The highest BCUT2D eigenvalue weighted by molar-refractivity contribution is 5.96. The summed E-state index contributed by atoms with van der Waals surface area (Å²) in [6.45, 7) is 5.11. The Bertz CT molecular complexity index is 955. The number of alkyl carbamates (subject to hydrolysis) is 1. The lowest BCUT2D eigenvalue weighted by Gasteiger charge is -2.34. The van der Waals surface area contributed by atoms with Gasteiger partial charge in [0.15, 0.2) is 0 Å². The van der Waals surface area contributed by atoms with Crippen molar-refractivity contribution < 1.29 is 38.5 Å². The Morgan fingerprint density at radius 2 is 1.76 bits per heavy atom. The van der Waals surface area contributed by atoms with Crippen molar-refractivity contribution in [2.24, 2.45) is 17.8 Å². The lowest BCUT2D eigenvalue weighted by atomic mass is 9.88. The molecule has 2 aliphatic rings. The number of phenols is 1. The number of phenolic OH excluding ortho intramolecular Hbond substituents is 1. The molecule has 0 saturated heterocycles. The predicted molar refractivity (Wildman–Crippen MR) is 120 cm³/mol. The van der Waals surface area contributed by atoms with Crippen LogP contribution in [0.2, 0.25) is 0 Å². The first-order chi connectivity index (χ1) is 15.9. The molecule has 0 bridgehead atoms. The van der Waals surface area contributed by atoms with Crippen LogP contribution in [0.25, 0.3) is 0 Å². The average Bonchev–Trinajstić information content (AvgIpc) is 3.39. The zero-order chi connectivity index (χ0) is 25.3. The molecular formula is C24H32N2O8. The molecule has 3 rings (SSSR count). The van der Waals surface area contributed by atoms with Crippen molar-refractivity contribution in [3.8, 4) is 5.75 Å². The first-order valence-electron chi connectivity index (χ1n) is 11.2. The van der Waals surface area contributed by atoms with Crippen molar-refractivity contribution in [3.05, 3.63) is 29.8 Å². The van der Waals surface area contributed by atoms with Gasteiger partial charge in [0.2, 0.25) is 5.91 Å². The summed E-state index contributed by atoms with van der Waals surface area (Å²) < 4.78 is 15.1. The van der Waals surface area contributed by atoms with Gasteiger partial charge in [-0.3, -0.25) is 9.59 Å². The quantitative estimate of drug-likeness (QED) is 0.399. The Kier molecular flexibility index (Phi) is 7.09. The molecule has 2 amide bonds. The lowest BCUT2D eigenvalue weighted by molar-refractivity contribution is -0.147. The van der Waals surface area contributed by atoms with E-state index in [0.29, 0.717) is 12.0 Å². The van der Waals surface area contributed by atoms with Crippen molar-refractivity contribution >= 4 is 23.9 Å². The van der Waals surface area contributed by atoms with Crippen molar-refractivity contribution in [1.82, 2.24) is 10.6 Å². The summed E-state index contributed by atoms with van der Waals surface area (Å²) in [6, 6.07) is 5.17. The van der Waals surface area contributed by atoms with Crippen molar-refractivity contribution in [3.63, 3.8) is 0 Å². The van der Waals surface area contributed by atoms with E-state index in [2.05, 4.69) is 10.6 Å². The second-order valence-electron chi connectivity index (χ2n) is 9.80. The van der Waals surface area contributed by atoms with Gasteiger partial charge in [-0.15, -0.1) is 0 Å². The molecule has 5 atom stereocenters. The summed E-state index contributed by atoms with van der Waals surface area (Å²) in [5.41, 5.74) is -1.54. The van der Waals surface area contributed by atoms with Crippen LogP contribution in [0.4, 0.5) is 4.79 Å². The molecule has 1 aromatic carbocycles. The minimum absolute atomic E-state index is 0.0718. The van der Waals surface area contributed by atoms with Crippen molar-refractivity contribution in [2.45, 2.75) is 57.2 Å². The van der Waals surface area contributed by atoms with Gasteiger partial charge in [-0.2, -0.15) is 0 Å². The van der Waals surface area contributed by atoms with Gasteiger partial charge < -0.3 is 30.0 Å². The number of ether oxygens (including phenoxy) is 3. The molecule has 0 unspecified atom stereocenters. The van der Waals surface area contributed by atoms with Gasteiger partial charge in [0.25, 0.3) is 0 Å². The van der Waals surface area contributed by atoms with E-state index in [-0.39, 0.29) is 24.5 Å². The number of hydrogen-bond acceptors (Lipinski definition) is 8. The number of carbonyl (C=O) groups is 4. The molecule has 10 nitrogen and oxygen atoms in total. The molecule has 2 aliphatic carbocycles. The number of hydrogen-bond donors (Lipinski definition) is 3. The highest BCUT2D eigenvalue weighted by atomic mass is 16.6. The average molecular weight is 477 g/mol. The van der Waals surface area contributed by atoms with E-state index in [1.807, 2.05) is 0 Å². The zero-order valence-corrected chi connectivity index (χ0v) is 20.0. The summed E-state index contributed by atoms with van der Waals surface area (Å²) in [6.07, 6.45) is 0.144. The van der Waals surface area contributed by atoms with E-state index >= 15 is 0 Å². The number of rotatable bonds is 7. The summed E-state index contributed by atoms with van der Waals surface area (Å²) >= 11 is 0. The number of fused-ring (bicyclic) bond motifs is 1. The van der Waals surface area contributed by atoms with Crippen LogP contribution in [-0.2, 0) is 35.0 Å². The molecule has 2 saturated carbocycles. The SMILES string of the molecule is COC(=O)[C@H]1[C@@H]2CC[C@@](NC(=O)OC(C)(C)C)(C(=O)N[C@@H](Cc3ccc(O)cc3)C(=O)OC)[C@@H]21. The molecule has 0 radical (unpaired) electrons. The summed E-state index contributed by atoms with van der Waals surface area (Å²) in [4.78, 5) is 51.1. The Morgan fingerprint density at radius 1 is 1.12 bits per heavy atom. The molecule has 0 heterocycles. The van der Waals surface area contributed by atoms with Crippen LogP contribution in [0.3, 0.4) is 0 Å². The third kappa shape index (κ3) is 5.26. The zero-order valence-electron chi connectivity index (χ0n) is 20.0. The number of methoxy groups -OCH3 is 2. The highest BCUT2D eigenvalue weighted by Gasteiger charge is 2.72. The Morgan fingerprint density at radius 3 is 2.32 bits per heavy atom. The Labute approximate surface area is 198 Å². The normalized spacial score (nSPS) is 26.0. The van der Waals surface area contributed by atoms with Crippen molar-refractivity contribution in [1.29, 1.82) is 0 Å². The first-order valence-corrected chi connectivity index (χ1v) is 11.2. The Hall–Kier alpha value is -3.30. The molecule has 0 spiro atoms. The van der Waals surface area contributed by atoms with Crippen LogP contribution in [0.5, 0.6) is 5.75 Å². The molecule has 34 heavy (non-hydrogen) atoms. The lowest BCUT2D eigenvalue weighted by Crippen LogP contribution is -2.63. The van der Waals surface area contributed by atoms with Crippen LogP contribution < -0.4 is 10.6 Å². The molecule has 0 aromatic heterocycles. The molecule has 1 aromatic rings. The van der Waals surface area contributed by atoms with E-state index < -0.39 is 53.0 Å². The van der Waals surface area contributed by atoms with Gasteiger partial charge >= 0.3 is 18.0 Å². The van der Waals surface area contributed by atoms with Gasteiger partial charge in [0, 0.05) is 12.3 Å². The van der Waals surface area contributed by atoms with E-state index in [9.17, 15) is 24.3 Å². The fraction of sp³-hybridized carbons (Fsp3) is 0.583. The third-order valence-corrected chi connectivity index (χ3v) is 6.38. The van der Waals surface area contributed by atoms with Crippen LogP contribution in [-0.4, -0.2) is 60.4 Å². The Balaban J connectivity index is 1.86. The van der Waals surface area contributed by atoms with E-state index in [1.54, 1.807) is 32.9 Å². The largest absolute Gasteiger partial charge is 0.508 e. The van der Waals surface area contributed by atoms with Gasteiger partial charge in [0.05, 0.1) is 20.1 Å². The maximum atomic E-state index is 13.7. The van der Waals surface area contributed by atoms with Crippen molar-refractivity contribution in [2.75, 3.05) is 14.2 Å². The van der Waals surface area contributed by atoms with E-state index in [4.69, 9.17) is 14.2 Å². The number of carbonyl (C=O) groups excluding carboxylic acids is 4. The molecule has 10 heteroatoms. The fourth-order valence-electron chi connectivity index (χ4n) is 4.87. The van der Waals surface area contributed by atoms with Crippen LogP contribution in [0.15, 0.2) is 24.3 Å². The fourth-order valence-corrected chi connectivity index (χ4v) is 4.87. The van der Waals surface area contributed by atoms with Crippen LogP contribution in [0, 0.1) is 17.8 Å². The molecule has 186 valence electrons. The number of nitrogens with one attached hydrogen (secondary N) is 2. The summed E-state index contributed by atoms with van der Waals surface area (Å²) in [5, 5.41) is 14.9. The molecule has 0 aliphatic heterocycles. The second kappa shape index (κ2) is 9.52. The van der Waals surface area contributed by atoms with E-state index in [0.717, 1.165) is 0 Å². The van der Waals surface area contributed by atoms with Gasteiger partial charge in [0.1, 0.15) is 22.9 Å². The number of amides is 2. The number of esters is 2. The standard InChI is InChI=1S/C24H32N2O8/c1-23(2,3)34-22(31)26-24(11-10-15-17(18(15)24)20(29)33-5)21(30)25-16(19(28)32-4)12-13-6-8-14(27)9-7-13/h6-9,15-18,27H,10-12H2,1-5H3,(H,25,30)(H,26,31)/t15-,16-,17-,18-,24-/m0/s1. The second-order valence-corrected chi connectivity index (χ2v) is 9.80. The molecular weight excluding hydrogens is 444 g/mol. The van der Waals surface area contributed by atoms with Gasteiger partial charge in [-0.1, -0.05) is 12.1 Å². The smallest absolute Gasteiger partial charge is 0.408 e. The minimum Gasteiger partial charge on any atom is -0.508 e. The van der Waals surface area contributed by atoms with E-state index in [1.165, 1.54) is 26.4 Å². The van der Waals surface area contributed by atoms with Crippen LogP contribution >= 0.6 is 0 Å². The first kappa shape index (κ1) is 25.3.